The lowest BCUT2D eigenvalue weighted by molar-refractivity contribution is 0.408. The third-order valence-corrected chi connectivity index (χ3v) is 7.43. The Morgan fingerprint density at radius 2 is 1.76 bits per heavy atom. The molecule has 0 saturated heterocycles. The molecule has 0 spiro atoms. The normalized spacial score (nSPS) is 14.6. The first-order valence-corrected chi connectivity index (χ1v) is 11.9. The first-order chi connectivity index (χ1) is 13.7. The highest BCUT2D eigenvalue weighted by molar-refractivity contribution is 7.91. The van der Waals surface area contributed by atoms with Gasteiger partial charge in [-0.1, -0.05) is 23.2 Å². The molecule has 0 atom stereocenters. The Morgan fingerprint density at radius 3 is 2.41 bits per heavy atom. The van der Waals surface area contributed by atoms with Crippen molar-refractivity contribution in [1.29, 1.82) is 0 Å². The minimum Gasteiger partial charge on any atom is -0.309 e. The average Bonchev–Trinajstić information content (AvgIpc) is 3.14. The fraction of sp³-hybridized carbons (Fsp3) is 0.381. The van der Waals surface area contributed by atoms with Crippen molar-refractivity contribution in [3.8, 4) is 0 Å². The summed E-state index contributed by atoms with van der Waals surface area (Å²) in [5.74, 6) is 0.146. The van der Waals surface area contributed by atoms with Crippen molar-refractivity contribution in [2.24, 2.45) is 5.10 Å². The number of hydrogen-bond acceptors (Lipinski definition) is 5. The van der Waals surface area contributed by atoms with Crippen LogP contribution in [0.5, 0.6) is 0 Å². The molecule has 0 aromatic heterocycles. The monoisotopic (exact) mass is 453 g/mol. The highest BCUT2D eigenvalue weighted by Gasteiger charge is 2.21. The molecular weight excluding hydrogens is 429 g/mol. The molecule has 1 aliphatic heterocycles. The molecule has 1 heterocycles. The van der Waals surface area contributed by atoms with Crippen molar-refractivity contribution in [2.75, 3.05) is 37.9 Å². The number of halogens is 2. The van der Waals surface area contributed by atoms with Crippen molar-refractivity contribution in [2.45, 2.75) is 24.7 Å². The van der Waals surface area contributed by atoms with Crippen LogP contribution in [-0.2, 0) is 9.84 Å². The Bertz CT molecular complexity index is 1020. The lowest BCUT2D eigenvalue weighted by Crippen LogP contribution is -2.17. The van der Waals surface area contributed by atoms with Crippen molar-refractivity contribution in [1.82, 2.24) is 4.90 Å². The van der Waals surface area contributed by atoms with Crippen LogP contribution in [0.4, 0.5) is 5.69 Å². The van der Waals surface area contributed by atoms with Crippen LogP contribution >= 0.6 is 23.2 Å². The van der Waals surface area contributed by atoms with E-state index in [4.69, 9.17) is 28.3 Å². The maximum absolute atomic E-state index is 12.5. The topological polar surface area (TPSA) is 53.0 Å². The lowest BCUT2D eigenvalue weighted by atomic mass is 10.0. The summed E-state index contributed by atoms with van der Waals surface area (Å²) >= 11 is 12.3. The molecule has 3 rings (SSSR count). The summed E-state index contributed by atoms with van der Waals surface area (Å²) in [7, 11) is 0.600. The Labute approximate surface area is 182 Å². The molecule has 29 heavy (non-hydrogen) atoms. The van der Waals surface area contributed by atoms with Crippen LogP contribution in [0.2, 0.25) is 10.0 Å². The number of nitrogens with zero attached hydrogens (tertiary/aromatic N) is 3. The van der Waals surface area contributed by atoms with Gasteiger partial charge in [-0.15, -0.1) is 0 Å². The van der Waals surface area contributed by atoms with Crippen LogP contribution in [0.15, 0.2) is 46.4 Å². The van der Waals surface area contributed by atoms with E-state index in [9.17, 15) is 8.42 Å². The van der Waals surface area contributed by atoms with Gasteiger partial charge >= 0.3 is 0 Å². The van der Waals surface area contributed by atoms with Gasteiger partial charge in [0.1, 0.15) is 0 Å². The minimum absolute atomic E-state index is 0.146. The largest absolute Gasteiger partial charge is 0.309 e. The van der Waals surface area contributed by atoms with Gasteiger partial charge in [0.2, 0.25) is 0 Å². The van der Waals surface area contributed by atoms with E-state index in [-0.39, 0.29) is 5.75 Å². The van der Waals surface area contributed by atoms with E-state index in [1.54, 1.807) is 12.1 Å². The van der Waals surface area contributed by atoms with Gasteiger partial charge in [-0.2, -0.15) is 5.10 Å². The van der Waals surface area contributed by atoms with E-state index in [2.05, 4.69) is 0 Å². The SMILES string of the molecule is Cc1cc(Cl)c(Cl)cc1C1=NN(c2ccc(S(=O)(=O)CCCN(C)C)cc2)CC1. The summed E-state index contributed by atoms with van der Waals surface area (Å²) < 4.78 is 25.0. The highest BCUT2D eigenvalue weighted by Crippen LogP contribution is 2.29. The Balaban J connectivity index is 1.75. The Morgan fingerprint density at radius 1 is 1.10 bits per heavy atom. The smallest absolute Gasteiger partial charge is 0.178 e. The maximum Gasteiger partial charge on any atom is 0.178 e. The average molecular weight is 454 g/mol. The summed E-state index contributed by atoms with van der Waals surface area (Å²) in [6.45, 7) is 3.46. The molecule has 0 unspecified atom stereocenters. The summed E-state index contributed by atoms with van der Waals surface area (Å²) in [5.41, 5.74) is 3.83. The first-order valence-electron chi connectivity index (χ1n) is 9.46. The number of aryl methyl sites for hydroxylation is 1. The molecule has 2 aromatic carbocycles. The molecule has 156 valence electrons. The number of hydrogen-bond donors (Lipinski definition) is 0. The third kappa shape index (κ3) is 5.31. The predicted molar refractivity (Wildman–Crippen MR) is 121 cm³/mol. The fourth-order valence-electron chi connectivity index (χ4n) is 3.30. The van der Waals surface area contributed by atoms with Crippen LogP contribution < -0.4 is 5.01 Å². The van der Waals surface area contributed by atoms with Crippen LogP contribution in [0.1, 0.15) is 24.0 Å². The van der Waals surface area contributed by atoms with Crippen molar-refractivity contribution < 1.29 is 8.42 Å². The van der Waals surface area contributed by atoms with E-state index in [1.165, 1.54) is 0 Å². The predicted octanol–water partition coefficient (Wildman–Crippen LogP) is 4.64. The summed E-state index contributed by atoms with van der Waals surface area (Å²) in [6, 6.07) is 10.7. The van der Waals surface area contributed by atoms with Crippen LogP contribution in [0.25, 0.3) is 0 Å². The van der Waals surface area contributed by atoms with Crippen molar-refractivity contribution >= 4 is 44.4 Å². The molecule has 0 fully saturated rings. The number of sulfone groups is 1. The van der Waals surface area contributed by atoms with E-state index in [0.717, 1.165) is 42.0 Å². The molecule has 0 amide bonds. The summed E-state index contributed by atoms with van der Waals surface area (Å²) in [5, 5.41) is 7.65. The lowest BCUT2D eigenvalue weighted by Gasteiger charge is -2.14. The highest BCUT2D eigenvalue weighted by atomic mass is 35.5. The standard InChI is InChI=1S/C21H25Cl2N3O2S/c1-15-13-19(22)20(23)14-18(15)21-9-11-26(24-21)16-5-7-17(8-6-16)29(27,28)12-4-10-25(2)3/h5-8,13-14H,4,9-12H2,1-3H3. The van der Waals surface area contributed by atoms with E-state index >= 15 is 0 Å². The van der Waals surface area contributed by atoms with Crippen LogP contribution in [0, 0.1) is 6.92 Å². The molecule has 0 aliphatic carbocycles. The molecule has 0 saturated carbocycles. The van der Waals surface area contributed by atoms with Crippen molar-refractivity contribution in [3.63, 3.8) is 0 Å². The summed E-state index contributed by atoms with van der Waals surface area (Å²) in [6.07, 6.45) is 1.39. The van der Waals surface area contributed by atoms with Crippen LogP contribution in [0.3, 0.4) is 0 Å². The molecule has 0 N–H and O–H groups in total. The van der Waals surface area contributed by atoms with E-state index in [1.807, 2.05) is 55.2 Å². The molecule has 0 bridgehead atoms. The zero-order valence-corrected chi connectivity index (χ0v) is 19.2. The number of hydrazone groups is 1. The number of anilines is 1. The Kier molecular flexibility index (Phi) is 6.89. The minimum atomic E-state index is -3.27. The zero-order valence-electron chi connectivity index (χ0n) is 16.8. The molecule has 8 heteroatoms. The van der Waals surface area contributed by atoms with Gasteiger partial charge in [-0.05, 0) is 75.9 Å². The van der Waals surface area contributed by atoms with Gasteiger partial charge in [-0.25, -0.2) is 8.42 Å². The number of benzene rings is 2. The van der Waals surface area contributed by atoms with Gasteiger partial charge in [0.25, 0.3) is 0 Å². The first kappa shape index (κ1) is 22.1. The van der Waals surface area contributed by atoms with Gasteiger partial charge in [-0.3, -0.25) is 5.01 Å². The molecule has 2 aromatic rings. The Hall–Kier alpha value is -1.60. The summed E-state index contributed by atoms with van der Waals surface area (Å²) in [4.78, 5) is 2.33. The second kappa shape index (κ2) is 9.04. The van der Waals surface area contributed by atoms with Crippen molar-refractivity contribution in [3.05, 3.63) is 57.6 Å². The van der Waals surface area contributed by atoms with Gasteiger partial charge in [0.05, 0.1) is 32.1 Å². The molecular formula is C21H25Cl2N3O2S. The second-order valence-electron chi connectivity index (χ2n) is 7.47. The van der Waals surface area contributed by atoms with Gasteiger partial charge < -0.3 is 4.90 Å². The van der Waals surface area contributed by atoms with E-state index < -0.39 is 9.84 Å². The fourth-order valence-corrected chi connectivity index (χ4v) is 4.98. The second-order valence-corrected chi connectivity index (χ2v) is 10.4. The van der Waals surface area contributed by atoms with E-state index in [0.29, 0.717) is 21.4 Å². The maximum atomic E-state index is 12.5. The quantitative estimate of drug-likeness (QED) is 0.612. The third-order valence-electron chi connectivity index (χ3n) is 4.89. The van der Waals surface area contributed by atoms with Crippen LogP contribution in [-0.4, -0.2) is 52.0 Å². The zero-order chi connectivity index (χ0) is 21.2. The molecule has 1 aliphatic rings. The molecule has 0 radical (unpaired) electrons. The molecule has 5 nitrogen and oxygen atoms in total. The number of rotatable bonds is 7. The van der Waals surface area contributed by atoms with Gasteiger partial charge in [0, 0.05) is 18.5 Å². The van der Waals surface area contributed by atoms with Gasteiger partial charge in [0.15, 0.2) is 9.84 Å².